The van der Waals surface area contributed by atoms with E-state index in [1.54, 1.807) is 0 Å². The summed E-state index contributed by atoms with van der Waals surface area (Å²) in [6.45, 7) is 4.01. The van der Waals surface area contributed by atoms with Gasteiger partial charge in [-0.15, -0.1) is 0 Å². The number of aromatic nitrogens is 3. The van der Waals surface area contributed by atoms with Crippen molar-refractivity contribution in [2.75, 3.05) is 37.0 Å². The molecule has 45 heavy (non-hydrogen) atoms. The van der Waals surface area contributed by atoms with E-state index in [-0.39, 0.29) is 11.9 Å². The molecule has 15 nitrogen and oxygen atoms in total. The smallest absolute Gasteiger partial charge is 0.421 e. The van der Waals surface area contributed by atoms with E-state index >= 15 is 0 Å². The van der Waals surface area contributed by atoms with E-state index < -0.39 is 54.0 Å². The molecule has 0 bridgehead atoms. The molecule has 1 saturated heterocycles. The molecule has 4 heterocycles. The Hall–Kier alpha value is -4.74. The minimum atomic E-state index is -4.57. The van der Waals surface area contributed by atoms with Crippen LogP contribution in [0.1, 0.15) is 49.4 Å². The average molecular weight is 643 g/mol. The van der Waals surface area contributed by atoms with Gasteiger partial charge in [-0.25, -0.2) is 19.7 Å². The van der Waals surface area contributed by atoms with Crippen molar-refractivity contribution in [1.29, 1.82) is 0 Å². The lowest BCUT2D eigenvalue weighted by Crippen LogP contribution is -2.42. The standard InChI is InChI=1S/C21H25F3N6O2.C6H8O7/c1-3-18(31)30-6-4-13(10-30)28-19-15-11-29(7-5-17(15)26-12-27-19)14-8-16(21(22,23)24)20(32-2)25-9-14;7-3(8)1-6(13,5(11)12)2-4(9)10/h8-9,12-13H,3-7,10-11H2,1-2H3,(H,26,27,28);13H,1-2H2,(H,7,8)(H,9,10)(H,11,12). The van der Waals surface area contributed by atoms with Crippen LogP contribution < -0.4 is 15.0 Å². The van der Waals surface area contributed by atoms with Gasteiger partial charge in [-0.05, 0) is 12.5 Å². The lowest BCUT2D eigenvalue weighted by molar-refractivity contribution is -0.170. The summed E-state index contributed by atoms with van der Waals surface area (Å²) in [5.74, 6) is -4.68. The number of carbonyl (C=O) groups is 4. The van der Waals surface area contributed by atoms with Gasteiger partial charge in [0, 0.05) is 50.6 Å². The molecule has 2 aliphatic heterocycles. The van der Waals surface area contributed by atoms with E-state index in [0.29, 0.717) is 50.5 Å². The Morgan fingerprint density at radius 1 is 1.07 bits per heavy atom. The highest BCUT2D eigenvalue weighted by atomic mass is 19.4. The molecular formula is C27H33F3N6O9. The predicted octanol–water partition coefficient (Wildman–Crippen LogP) is 1.64. The van der Waals surface area contributed by atoms with Gasteiger partial charge in [-0.1, -0.05) is 6.92 Å². The van der Waals surface area contributed by atoms with Crippen molar-refractivity contribution in [3.05, 3.63) is 35.4 Å². The lowest BCUT2D eigenvalue weighted by Gasteiger charge is -2.31. The Kier molecular flexibility index (Phi) is 11.1. The number of likely N-dealkylation sites (tertiary alicyclic amines) is 1. The fourth-order valence-electron chi connectivity index (χ4n) is 4.90. The monoisotopic (exact) mass is 642 g/mol. The number of ether oxygens (including phenoxy) is 1. The van der Waals surface area contributed by atoms with Crippen molar-refractivity contribution < 1.29 is 57.5 Å². The quantitative estimate of drug-likeness (QED) is 0.249. The van der Waals surface area contributed by atoms with E-state index in [2.05, 4.69) is 20.3 Å². The molecule has 246 valence electrons. The van der Waals surface area contributed by atoms with Crippen molar-refractivity contribution >= 4 is 35.3 Å². The summed E-state index contributed by atoms with van der Waals surface area (Å²) in [6.07, 6.45) is -2.11. The molecule has 0 radical (unpaired) electrons. The minimum absolute atomic E-state index is 0.0689. The first-order valence-electron chi connectivity index (χ1n) is 13.7. The van der Waals surface area contributed by atoms with Gasteiger partial charge in [0.25, 0.3) is 0 Å². The number of carboxylic acid groups (broad SMARTS) is 3. The third kappa shape index (κ3) is 8.90. The Morgan fingerprint density at radius 3 is 2.29 bits per heavy atom. The Bertz CT molecular complexity index is 1410. The summed E-state index contributed by atoms with van der Waals surface area (Å²) in [4.78, 5) is 58.7. The number of fused-ring (bicyclic) bond motifs is 1. The van der Waals surface area contributed by atoms with Crippen molar-refractivity contribution in [3.63, 3.8) is 0 Å². The fourth-order valence-corrected chi connectivity index (χ4v) is 4.90. The molecule has 4 rings (SSSR count). The zero-order chi connectivity index (χ0) is 33.5. The van der Waals surface area contributed by atoms with E-state index in [0.717, 1.165) is 23.7 Å². The summed E-state index contributed by atoms with van der Waals surface area (Å²) in [5.41, 5.74) is -1.56. The topological polar surface area (TPSA) is 216 Å². The highest BCUT2D eigenvalue weighted by Crippen LogP contribution is 2.38. The highest BCUT2D eigenvalue weighted by Gasteiger charge is 2.41. The number of nitrogens with zero attached hydrogens (tertiary/aromatic N) is 5. The lowest BCUT2D eigenvalue weighted by atomic mass is 9.96. The van der Waals surface area contributed by atoms with E-state index in [9.17, 15) is 32.3 Å². The first kappa shape index (κ1) is 34.7. The number of nitrogens with one attached hydrogen (secondary N) is 1. The van der Waals surface area contributed by atoms with Crippen molar-refractivity contribution in [2.24, 2.45) is 0 Å². The van der Waals surface area contributed by atoms with Crippen LogP contribution in [0.3, 0.4) is 0 Å². The molecule has 0 aliphatic carbocycles. The number of pyridine rings is 1. The average Bonchev–Trinajstić information content (AvgIpc) is 3.44. The minimum Gasteiger partial charge on any atom is -0.481 e. The first-order chi connectivity index (χ1) is 21.1. The van der Waals surface area contributed by atoms with E-state index in [1.807, 2.05) is 16.7 Å². The second kappa shape index (κ2) is 14.4. The van der Waals surface area contributed by atoms with E-state index in [4.69, 9.17) is 25.2 Å². The van der Waals surface area contributed by atoms with Crippen LogP contribution in [0.25, 0.3) is 0 Å². The Labute approximate surface area is 254 Å². The summed E-state index contributed by atoms with van der Waals surface area (Å²) in [5, 5.41) is 37.2. The molecule has 2 aromatic heterocycles. The number of halogens is 3. The molecule has 2 aromatic rings. The number of carboxylic acids is 3. The maximum Gasteiger partial charge on any atom is 0.421 e. The summed E-state index contributed by atoms with van der Waals surface area (Å²) >= 11 is 0. The van der Waals surface area contributed by atoms with Gasteiger partial charge in [0.05, 0.1) is 37.5 Å². The molecule has 1 fully saturated rings. The van der Waals surface area contributed by atoms with Gasteiger partial charge in [-0.3, -0.25) is 14.4 Å². The number of carbonyl (C=O) groups excluding carboxylic acids is 1. The Balaban J connectivity index is 0.000000360. The van der Waals surface area contributed by atoms with Crippen LogP contribution in [0.4, 0.5) is 24.7 Å². The van der Waals surface area contributed by atoms with Gasteiger partial charge < -0.3 is 40.3 Å². The number of anilines is 2. The van der Waals surface area contributed by atoms with Crippen LogP contribution in [0.15, 0.2) is 18.6 Å². The largest absolute Gasteiger partial charge is 0.481 e. The molecular weight excluding hydrogens is 609 g/mol. The first-order valence-corrected chi connectivity index (χ1v) is 13.7. The molecule has 1 atom stereocenters. The van der Waals surface area contributed by atoms with Crippen LogP contribution in [0, 0.1) is 0 Å². The van der Waals surface area contributed by atoms with Gasteiger partial charge in [0.1, 0.15) is 17.7 Å². The van der Waals surface area contributed by atoms with Gasteiger partial charge in [-0.2, -0.15) is 13.2 Å². The zero-order valence-electron chi connectivity index (χ0n) is 24.4. The second-order valence-electron chi connectivity index (χ2n) is 10.4. The van der Waals surface area contributed by atoms with Gasteiger partial charge in [0.2, 0.25) is 11.8 Å². The molecule has 0 aromatic carbocycles. The van der Waals surface area contributed by atoms with Crippen molar-refractivity contribution in [1.82, 2.24) is 19.9 Å². The summed E-state index contributed by atoms with van der Waals surface area (Å²) in [7, 11) is 1.17. The predicted molar refractivity (Wildman–Crippen MR) is 149 cm³/mol. The van der Waals surface area contributed by atoms with Crippen LogP contribution in [-0.4, -0.2) is 102 Å². The number of hydrogen-bond acceptors (Lipinski definition) is 11. The third-order valence-corrected chi connectivity index (χ3v) is 7.17. The summed E-state index contributed by atoms with van der Waals surface area (Å²) < 4.78 is 45.1. The van der Waals surface area contributed by atoms with Gasteiger partial charge in [0.15, 0.2) is 5.60 Å². The number of aliphatic carboxylic acids is 3. The number of alkyl halides is 3. The van der Waals surface area contributed by atoms with Crippen LogP contribution in [0.5, 0.6) is 5.88 Å². The molecule has 18 heteroatoms. The molecule has 0 saturated carbocycles. The maximum absolute atomic E-state index is 13.4. The van der Waals surface area contributed by atoms with Crippen LogP contribution >= 0.6 is 0 Å². The SMILES string of the molecule is CCC(=O)N1CCC(Nc2ncnc3c2CN(c2cnc(OC)c(C(F)(F)F)c2)CC3)C1.O=C(O)CC(O)(CC(=O)O)C(=O)O. The highest BCUT2D eigenvalue weighted by molar-refractivity contribution is 5.88. The summed E-state index contributed by atoms with van der Waals surface area (Å²) in [6, 6.07) is 1.14. The molecule has 1 amide bonds. The van der Waals surface area contributed by atoms with Crippen LogP contribution in [0.2, 0.25) is 0 Å². The molecule has 5 N–H and O–H groups in total. The fraction of sp³-hybridized carbons (Fsp3) is 0.519. The zero-order valence-corrected chi connectivity index (χ0v) is 24.4. The van der Waals surface area contributed by atoms with Crippen molar-refractivity contribution in [2.45, 2.75) is 63.4 Å². The Morgan fingerprint density at radius 2 is 1.73 bits per heavy atom. The molecule has 1 unspecified atom stereocenters. The van der Waals surface area contributed by atoms with Crippen molar-refractivity contribution in [3.8, 4) is 5.88 Å². The number of aliphatic hydroxyl groups is 1. The maximum atomic E-state index is 13.4. The number of amides is 1. The van der Waals surface area contributed by atoms with Gasteiger partial charge >= 0.3 is 24.1 Å². The molecule has 2 aliphatic rings. The van der Waals surface area contributed by atoms with E-state index in [1.165, 1.54) is 19.6 Å². The number of methoxy groups -OCH3 is 1. The number of rotatable bonds is 10. The second-order valence-corrected chi connectivity index (χ2v) is 10.4. The number of hydrogen-bond donors (Lipinski definition) is 5. The normalized spacial score (nSPS) is 16.3. The van der Waals surface area contributed by atoms with Crippen LogP contribution in [-0.2, 0) is 38.3 Å². The third-order valence-electron chi connectivity index (χ3n) is 7.17. The molecule has 0 spiro atoms.